The lowest BCUT2D eigenvalue weighted by molar-refractivity contribution is -0.0366. The standard InChI is InChI=1S/C10H21N7/c1-3-16(2)10(17-6-4-5-7-17)14-8(11)13-9(12)15-10/h3-7H2,1-2H3,(H5,11,12,13,14,15). The van der Waals surface area contributed by atoms with Crippen molar-refractivity contribution in [3.05, 3.63) is 0 Å². The molecule has 0 aromatic rings. The van der Waals surface area contributed by atoms with Crippen LogP contribution in [-0.4, -0.2) is 54.3 Å². The van der Waals surface area contributed by atoms with E-state index in [-0.39, 0.29) is 5.96 Å². The third kappa shape index (κ3) is 2.07. The zero-order valence-electron chi connectivity index (χ0n) is 10.5. The lowest BCUT2D eigenvalue weighted by Gasteiger charge is -2.45. The van der Waals surface area contributed by atoms with Crippen LogP contribution in [0, 0.1) is 0 Å². The lowest BCUT2D eigenvalue weighted by Crippen LogP contribution is -2.70. The van der Waals surface area contributed by atoms with Crippen LogP contribution in [0.25, 0.3) is 0 Å². The summed E-state index contributed by atoms with van der Waals surface area (Å²) < 4.78 is 0. The Morgan fingerprint density at radius 2 is 2.06 bits per heavy atom. The molecule has 0 amide bonds. The van der Waals surface area contributed by atoms with Gasteiger partial charge in [-0.25, -0.2) is 4.90 Å². The van der Waals surface area contributed by atoms with Gasteiger partial charge in [0.05, 0.1) is 0 Å². The predicted octanol–water partition coefficient (Wildman–Crippen LogP) is -1.12. The SMILES string of the molecule is CCN(C)C1(N2CCCC2)N=C(N)N=C(N)N1. The first-order chi connectivity index (χ1) is 8.08. The van der Waals surface area contributed by atoms with Gasteiger partial charge in [0.15, 0.2) is 0 Å². The van der Waals surface area contributed by atoms with Gasteiger partial charge >= 0.3 is 0 Å². The third-order valence-electron chi connectivity index (χ3n) is 3.35. The summed E-state index contributed by atoms with van der Waals surface area (Å²) in [5, 5.41) is 3.16. The van der Waals surface area contributed by atoms with E-state index in [0.29, 0.717) is 5.96 Å². The summed E-state index contributed by atoms with van der Waals surface area (Å²) in [5.74, 6) is -0.112. The van der Waals surface area contributed by atoms with Crippen molar-refractivity contribution in [2.24, 2.45) is 21.5 Å². The number of hydrogen-bond donors (Lipinski definition) is 3. The first-order valence-electron chi connectivity index (χ1n) is 6.02. The van der Waals surface area contributed by atoms with Gasteiger partial charge in [-0.1, -0.05) is 6.92 Å². The molecule has 1 unspecified atom stereocenters. The van der Waals surface area contributed by atoms with Crippen molar-refractivity contribution in [2.75, 3.05) is 26.7 Å². The number of aliphatic imine (C=N–C) groups is 2. The van der Waals surface area contributed by atoms with E-state index in [1.807, 2.05) is 7.05 Å². The van der Waals surface area contributed by atoms with Gasteiger partial charge < -0.3 is 16.8 Å². The molecule has 0 aliphatic carbocycles. The maximum Gasteiger partial charge on any atom is 0.255 e. The Hall–Kier alpha value is -1.34. The molecule has 1 saturated heterocycles. The van der Waals surface area contributed by atoms with Gasteiger partial charge in [0.25, 0.3) is 5.91 Å². The number of nitrogens with zero attached hydrogens (tertiary/aromatic N) is 4. The molecule has 2 heterocycles. The molecule has 2 aliphatic rings. The number of rotatable bonds is 3. The largest absolute Gasteiger partial charge is 0.369 e. The molecule has 17 heavy (non-hydrogen) atoms. The Morgan fingerprint density at radius 3 is 2.59 bits per heavy atom. The third-order valence-corrected chi connectivity index (χ3v) is 3.35. The maximum absolute atomic E-state index is 5.79. The van der Waals surface area contributed by atoms with Crippen molar-refractivity contribution >= 4 is 11.9 Å². The Morgan fingerprint density at radius 1 is 1.41 bits per heavy atom. The summed E-state index contributed by atoms with van der Waals surface area (Å²) in [7, 11) is 2.00. The number of hydrogen-bond acceptors (Lipinski definition) is 7. The summed E-state index contributed by atoms with van der Waals surface area (Å²) in [4.78, 5) is 12.8. The van der Waals surface area contributed by atoms with E-state index >= 15 is 0 Å². The molecule has 5 N–H and O–H groups in total. The van der Waals surface area contributed by atoms with Gasteiger partial charge in [-0.05, 0) is 19.9 Å². The van der Waals surface area contributed by atoms with E-state index in [1.54, 1.807) is 0 Å². The molecule has 7 heteroatoms. The van der Waals surface area contributed by atoms with Crippen LogP contribution in [0.5, 0.6) is 0 Å². The zero-order valence-corrected chi connectivity index (χ0v) is 10.5. The van der Waals surface area contributed by atoms with Crippen molar-refractivity contribution in [1.82, 2.24) is 15.1 Å². The van der Waals surface area contributed by atoms with E-state index in [2.05, 4.69) is 32.0 Å². The number of likely N-dealkylation sites (tertiary alicyclic amines) is 1. The minimum Gasteiger partial charge on any atom is -0.369 e. The topological polar surface area (TPSA) is 95.3 Å². The lowest BCUT2D eigenvalue weighted by atomic mass is 10.4. The first-order valence-corrected chi connectivity index (χ1v) is 6.02. The highest BCUT2D eigenvalue weighted by atomic mass is 15.6. The maximum atomic E-state index is 5.79. The van der Waals surface area contributed by atoms with Crippen LogP contribution in [0.2, 0.25) is 0 Å². The van der Waals surface area contributed by atoms with Crippen molar-refractivity contribution in [2.45, 2.75) is 25.7 Å². The van der Waals surface area contributed by atoms with E-state index < -0.39 is 5.91 Å². The molecule has 0 bridgehead atoms. The molecule has 1 atom stereocenters. The second-order valence-corrected chi connectivity index (χ2v) is 4.44. The van der Waals surface area contributed by atoms with Crippen molar-refractivity contribution < 1.29 is 0 Å². The van der Waals surface area contributed by atoms with E-state index in [9.17, 15) is 0 Å². The Balaban J connectivity index is 2.34. The van der Waals surface area contributed by atoms with Gasteiger partial charge in [0.2, 0.25) is 11.9 Å². The van der Waals surface area contributed by atoms with Crippen molar-refractivity contribution in [3.63, 3.8) is 0 Å². The minimum atomic E-state index is -0.666. The highest BCUT2D eigenvalue weighted by molar-refractivity contribution is 5.95. The normalized spacial score (nSPS) is 30.1. The summed E-state index contributed by atoms with van der Waals surface area (Å²) in [6.07, 6.45) is 2.35. The molecule has 2 aliphatic heterocycles. The van der Waals surface area contributed by atoms with Gasteiger partial charge in [-0.15, -0.1) is 0 Å². The molecular formula is C10H21N7. The van der Waals surface area contributed by atoms with Crippen LogP contribution in [0.4, 0.5) is 0 Å². The molecular weight excluding hydrogens is 218 g/mol. The number of guanidine groups is 2. The van der Waals surface area contributed by atoms with Crippen LogP contribution in [0.15, 0.2) is 9.98 Å². The smallest absolute Gasteiger partial charge is 0.255 e. The fourth-order valence-electron chi connectivity index (χ4n) is 2.36. The molecule has 0 aromatic carbocycles. The summed E-state index contributed by atoms with van der Waals surface area (Å²) in [5.41, 5.74) is 11.5. The molecule has 1 fully saturated rings. The highest BCUT2D eigenvalue weighted by Gasteiger charge is 2.43. The van der Waals surface area contributed by atoms with Crippen LogP contribution < -0.4 is 16.8 Å². The summed E-state index contributed by atoms with van der Waals surface area (Å²) >= 11 is 0. The quantitative estimate of drug-likeness (QED) is 0.580. The molecule has 0 saturated carbocycles. The van der Waals surface area contributed by atoms with E-state index in [0.717, 1.165) is 19.6 Å². The zero-order chi connectivity index (χ0) is 12.5. The van der Waals surface area contributed by atoms with Gasteiger partial charge in [-0.2, -0.15) is 9.98 Å². The predicted molar refractivity (Wildman–Crippen MR) is 68.2 cm³/mol. The highest BCUT2D eigenvalue weighted by Crippen LogP contribution is 2.24. The molecule has 2 rings (SSSR count). The molecule has 0 radical (unpaired) electrons. The second-order valence-electron chi connectivity index (χ2n) is 4.44. The Bertz CT molecular complexity index is 345. The van der Waals surface area contributed by atoms with Crippen LogP contribution in [-0.2, 0) is 0 Å². The second kappa shape index (κ2) is 4.50. The first kappa shape index (κ1) is 12.1. The fraction of sp³-hybridized carbons (Fsp3) is 0.800. The van der Waals surface area contributed by atoms with Crippen molar-refractivity contribution in [1.29, 1.82) is 0 Å². The van der Waals surface area contributed by atoms with E-state index in [1.165, 1.54) is 12.8 Å². The van der Waals surface area contributed by atoms with Crippen LogP contribution in [0.1, 0.15) is 19.8 Å². The van der Waals surface area contributed by atoms with Crippen molar-refractivity contribution in [3.8, 4) is 0 Å². The van der Waals surface area contributed by atoms with Crippen LogP contribution >= 0.6 is 0 Å². The average molecular weight is 239 g/mol. The van der Waals surface area contributed by atoms with Gasteiger partial charge in [-0.3, -0.25) is 4.90 Å². The molecule has 7 nitrogen and oxygen atoms in total. The number of nitrogens with one attached hydrogen (secondary N) is 1. The van der Waals surface area contributed by atoms with Crippen LogP contribution in [0.3, 0.4) is 0 Å². The van der Waals surface area contributed by atoms with Gasteiger partial charge in [0.1, 0.15) is 0 Å². The Labute approximate surface area is 102 Å². The monoisotopic (exact) mass is 239 g/mol. The molecule has 0 spiro atoms. The van der Waals surface area contributed by atoms with Gasteiger partial charge in [0, 0.05) is 19.6 Å². The van der Waals surface area contributed by atoms with E-state index in [4.69, 9.17) is 11.5 Å². The molecule has 0 aromatic heterocycles. The average Bonchev–Trinajstić information content (AvgIpc) is 2.80. The summed E-state index contributed by atoms with van der Waals surface area (Å²) in [6.45, 7) is 4.89. The number of nitrogens with two attached hydrogens (primary N) is 2. The minimum absolute atomic E-state index is 0.230. The summed E-state index contributed by atoms with van der Waals surface area (Å²) in [6, 6.07) is 0. The fourth-order valence-corrected chi connectivity index (χ4v) is 2.36. The Kier molecular flexibility index (Phi) is 3.21. The molecule has 96 valence electrons.